The van der Waals surface area contributed by atoms with E-state index in [0.29, 0.717) is 11.9 Å². The van der Waals surface area contributed by atoms with Gasteiger partial charge in [0, 0.05) is 6.04 Å². The maximum Gasteiger partial charge on any atom is 0.182 e. The van der Waals surface area contributed by atoms with Gasteiger partial charge in [0.25, 0.3) is 0 Å². The highest BCUT2D eigenvalue weighted by Crippen LogP contribution is 2.22. The minimum Gasteiger partial charge on any atom is -0.384 e. The van der Waals surface area contributed by atoms with Gasteiger partial charge in [-0.2, -0.15) is 0 Å². The van der Waals surface area contributed by atoms with Crippen LogP contribution in [0.2, 0.25) is 0 Å². The van der Waals surface area contributed by atoms with Gasteiger partial charge in [0.15, 0.2) is 5.82 Å². The van der Waals surface area contributed by atoms with Crippen molar-refractivity contribution in [1.82, 2.24) is 19.7 Å². The Hall–Kier alpha value is -1.91. The Bertz CT molecular complexity index is 520. The molecule has 102 valence electrons. The van der Waals surface area contributed by atoms with Crippen molar-refractivity contribution in [1.29, 1.82) is 0 Å². The zero-order valence-electron chi connectivity index (χ0n) is 11.6. The second-order valence-electron chi connectivity index (χ2n) is 4.85. The maximum atomic E-state index is 5.72. The molecular weight excluding hydrogens is 238 g/mol. The van der Waals surface area contributed by atoms with Gasteiger partial charge < -0.3 is 10.3 Å². The summed E-state index contributed by atoms with van der Waals surface area (Å²) in [5.41, 5.74) is 6.50. The van der Waals surface area contributed by atoms with Crippen molar-refractivity contribution in [3.8, 4) is 11.5 Å². The molecule has 0 saturated carbocycles. The van der Waals surface area contributed by atoms with Crippen molar-refractivity contribution in [2.45, 2.75) is 45.6 Å². The third-order valence-electron chi connectivity index (χ3n) is 3.27. The van der Waals surface area contributed by atoms with Crippen molar-refractivity contribution in [3.63, 3.8) is 0 Å². The lowest BCUT2D eigenvalue weighted by Gasteiger charge is -2.14. The van der Waals surface area contributed by atoms with Crippen LogP contribution in [0.25, 0.3) is 11.5 Å². The van der Waals surface area contributed by atoms with Crippen LogP contribution < -0.4 is 5.73 Å². The quantitative estimate of drug-likeness (QED) is 0.809. The zero-order chi connectivity index (χ0) is 13.7. The summed E-state index contributed by atoms with van der Waals surface area (Å²) in [5.74, 6) is 1.29. The zero-order valence-corrected chi connectivity index (χ0v) is 11.6. The predicted molar refractivity (Wildman–Crippen MR) is 76.5 cm³/mol. The van der Waals surface area contributed by atoms with Gasteiger partial charge in [-0.1, -0.05) is 32.3 Å². The molecule has 1 unspecified atom stereocenters. The lowest BCUT2D eigenvalue weighted by atomic mass is 10.1. The monoisotopic (exact) mass is 259 g/mol. The standard InChI is InChI=1S/C14H21N5/c1-3-4-5-7-11(2)19-10-16-18-14(19)12-8-6-9-13(15)17-12/h6,8-11H,3-5,7H2,1-2H3,(H2,15,17). The van der Waals surface area contributed by atoms with E-state index < -0.39 is 0 Å². The van der Waals surface area contributed by atoms with Crippen LogP contribution in [0.1, 0.15) is 45.6 Å². The number of pyridine rings is 1. The Balaban J connectivity index is 2.17. The number of rotatable bonds is 6. The average molecular weight is 259 g/mol. The topological polar surface area (TPSA) is 69.6 Å². The molecule has 0 bridgehead atoms. The minimum absolute atomic E-state index is 0.375. The first-order chi connectivity index (χ1) is 9.22. The molecule has 2 aromatic heterocycles. The van der Waals surface area contributed by atoms with Crippen LogP contribution in [0.4, 0.5) is 5.82 Å². The molecule has 0 aliphatic heterocycles. The highest BCUT2D eigenvalue weighted by Gasteiger charge is 2.13. The smallest absolute Gasteiger partial charge is 0.182 e. The van der Waals surface area contributed by atoms with E-state index in [9.17, 15) is 0 Å². The molecule has 0 amide bonds. The highest BCUT2D eigenvalue weighted by atomic mass is 15.3. The average Bonchev–Trinajstić information content (AvgIpc) is 2.88. The third-order valence-corrected chi connectivity index (χ3v) is 3.27. The van der Waals surface area contributed by atoms with Gasteiger partial charge in [0.05, 0.1) is 0 Å². The van der Waals surface area contributed by atoms with Gasteiger partial charge in [-0.15, -0.1) is 10.2 Å². The summed E-state index contributed by atoms with van der Waals surface area (Å²) in [7, 11) is 0. The molecule has 0 spiro atoms. The number of unbranched alkanes of at least 4 members (excludes halogenated alkanes) is 2. The van der Waals surface area contributed by atoms with Crippen LogP contribution in [0.3, 0.4) is 0 Å². The second kappa shape index (κ2) is 6.31. The summed E-state index contributed by atoms with van der Waals surface area (Å²) in [6.07, 6.45) is 6.62. The molecule has 1 atom stereocenters. The Morgan fingerprint density at radius 2 is 2.16 bits per heavy atom. The molecule has 0 aromatic carbocycles. The summed E-state index contributed by atoms with van der Waals surface area (Å²) in [5, 5.41) is 8.18. The molecule has 2 heterocycles. The van der Waals surface area contributed by atoms with E-state index in [1.807, 2.05) is 12.1 Å². The van der Waals surface area contributed by atoms with E-state index in [2.05, 4.69) is 33.6 Å². The third kappa shape index (κ3) is 3.30. The first-order valence-corrected chi connectivity index (χ1v) is 6.84. The van der Waals surface area contributed by atoms with Crippen molar-refractivity contribution in [2.24, 2.45) is 0 Å². The highest BCUT2D eigenvalue weighted by molar-refractivity contribution is 5.52. The number of hydrogen-bond donors (Lipinski definition) is 1. The van der Waals surface area contributed by atoms with E-state index in [0.717, 1.165) is 17.9 Å². The summed E-state index contributed by atoms with van der Waals surface area (Å²) < 4.78 is 2.08. The summed E-state index contributed by atoms with van der Waals surface area (Å²) >= 11 is 0. The van der Waals surface area contributed by atoms with Crippen LogP contribution >= 0.6 is 0 Å². The molecule has 2 aromatic rings. The van der Waals surface area contributed by atoms with Gasteiger partial charge in [-0.05, 0) is 25.5 Å². The van der Waals surface area contributed by atoms with E-state index in [1.54, 1.807) is 12.4 Å². The maximum absolute atomic E-state index is 5.72. The van der Waals surface area contributed by atoms with E-state index in [-0.39, 0.29) is 0 Å². The number of aromatic nitrogens is 4. The summed E-state index contributed by atoms with van der Waals surface area (Å²) in [6, 6.07) is 5.95. The second-order valence-corrected chi connectivity index (χ2v) is 4.85. The van der Waals surface area contributed by atoms with E-state index >= 15 is 0 Å². The van der Waals surface area contributed by atoms with Gasteiger partial charge in [-0.3, -0.25) is 0 Å². The molecular formula is C14H21N5. The van der Waals surface area contributed by atoms with Crippen LogP contribution in [-0.4, -0.2) is 19.7 Å². The summed E-state index contributed by atoms with van der Waals surface area (Å²) in [6.45, 7) is 4.40. The van der Waals surface area contributed by atoms with Crippen LogP contribution in [0, 0.1) is 0 Å². The fourth-order valence-electron chi connectivity index (χ4n) is 2.15. The molecule has 0 saturated heterocycles. The van der Waals surface area contributed by atoms with Gasteiger partial charge in [0.1, 0.15) is 17.8 Å². The Kier molecular flexibility index (Phi) is 4.49. The SMILES string of the molecule is CCCCCC(C)n1cnnc1-c1cccc(N)n1. The number of hydrogen-bond acceptors (Lipinski definition) is 4. The van der Waals surface area contributed by atoms with E-state index in [4.69, 9.17) is 5.73 Å². The molecule has 0 aliphatic rings. The minimum atomic E-state index is 0.375. The predicted octanol–water partition coefficient (Wildman–Crippen LogP) is 3.06. The van der Waals surface area contributed by atoms with Crippen molar-refractivity contribution < 1.29 is 0 Å². The summed E-state index contributed by atoms with van der Waals surface area (Å²) in [4.78, 5) is 4.31. The fourth-order valence-corrected chi connectivity index (χ4v) is 2.15. The fraction of sp³-hybridized carbons (Fsp3) is 0.500. The van der Waals surface area contributed by atoms with Crippen molar-refractivity contribution in [2.75, 3.05) is 5.73 Å². The number of nitrogens with two attached hydrogens (primary N) is 1. The van der Waals surface area contributed by atoms with Crippen molar-refractivity contribution in [3.05, 3.63) is 24.5 Å². The Morgan fingerprint density at radius 1 is 1.32 bits per heavy atom. The van der Waals surface area contributed by atoms with Gasteiger partial charge in [0.2, 0.25) is 0 Å². The number of nitrogen functional groups attached to an aromatic ring is 1. The molecule has 19 heavy (non-hydrogen) atoms. The molecule has 0 radical (unpaired) electrons. The molecule has 0 fully saturated rings. The van der Waals surface area contributed by atoms with Crippen molar-refractivity contribution >= 4 is 5.82 Å². The first-order valence-electron chi connectivity index (χ1n) is 6.84. The number of nitrogens with zero attached hydrogens (tertiary/aromatic N) is 4. The molecule has 5 heteroatoms. The molecule has 2 N–H and O–H groups in total. The lowest BCUT2D eigenvalue weighted by Crippen LogP contribution is -2.07. The first kappa shape index (κ1) is 13.5. The van der Waals surface area contributed by atoms with Gasteiger partial charge >= 0.3 is 0 Å². The van der Waals surface area contributed by atoms with E-state index in [1.165, 1.54) is 19.3 Å². The Morgan fingerprint density at radius 3 is 2.89 bits per heavy atom. The largest absolute Gasteiger partial charge is 0.384 e. The van der Waals surface area contributed by atoms with Crippen LogP contribution in [0.15, 0.2) is 24.5 Å². The normalized spacial score (nSPS) is 12.5. The molecule has 5 nitrogen and oxygen atoms in total. The Labute approximate surface area is 113 Å². The van der Waals surface area contributed by atoms with Crippen LogP contribution in [0.5, 0.6) is 0 Å². The van der Waals surface area contributed by atoms with Gasteiger partial charge in [-0.25, -0.2) is 4.98 Å². The van der Waals surface area contributed by atoms with Crippen LogP contribution in [-0.2, 0) is 0 Å². The lowest BCUT2D eigenvalue weighted by molar-refractivity contribution is 0.479. The molecule has 0 aliphatic carbocycles. The molecule has 2 rings (SSSR count). The number of anilines is 1.